The first kappa shape index (κ1) is 17.3. The molecule has 1 aliphatic rings. The number of hydrogen-bond donors (Lipinski definition) is 1. The number of amides is 1. The Balaban J connectivity index is 1.70. The average Bonchev–Trinajstić information content (AvgIpc) is 3.16. The molecule has 3 rings (SSSR count). The molecule has 1 saturated carbocycles. The van der Waals surface area contributed by atoms with Gasteiger partial charge in [0.15, 0.2) is 0 Å². The molecule has 24 heavy (non-hydrogen) atoms. The molecule has 0 bridgehead atoms. The van der Waals surface area contributed by atoms with Crippen LogP contribution in [0.2, 0.25) is 0 Å². The van der Waals surface area contributed by atoms with Gasteiger partial charge < -0.3 is 9.88 Å². The van der Waals surface area contributed by atoms with Gasteiger partial charge in [-0.25, -0.2) is 0 Å². The Labute approximate surface area is 149 Å². The largest absolute Gasteiger partial charge is 0.349 e. The predicted octanol–water partition coefficient (Wildman–Crippen LogP) is 5.03. The van der Waals surface area contributed by atoms with Crippen LogP contribution in [0.5, 0.6) is 0 Å². The monoisotopic (exact) mass is 344 g/mol. The topological polar surface area (TPSA) is 34.0 Å². The van der Waals surface area contributed by atoms with Gasteiger partial charge in [0.05, 0.1) is 5.56 Å². The minimum atomic E-state index is 0.0629. The van der Waals surface area contributed by atoms with Crippen molar-refractivity contribution in [2.24, 2.45) is 0 Å². The Bertz CT molecular complexity index is 681. The molecule has 1 aliphatic carbocycles. The van der Waals surface area contributed by atoms with Crippen molar-refractivity contribution in [1.29, 1.82) is 0 Å². The lowest BCUT2D eigenvalue weighted by atomic mass is 9.95. The summed E-state index contributed by atoms with van der Waals surface area (Å²) in [6.45, 7) is 6.31. The average molecular weight is 345 g/mol. The highest BCUT2D eigenvalue weighted by Crippen LogP contribution is 2.32. The summed E-state index contributed by atoms with van der Waals surface area (Å²) in [6.07, 6.45) is 7.33. The second-order valence-electron chi connectivity index (χ2n) is 7.16. The summed E-state index contributed by atoms with van der Waals surface area (Å²) in [5.41, 5.74) is 4.48. The van der Waals surface area contributed by atoms with Gasteiger partial charge in [-0.1, -0.05) is 19.3 Å². The number of thiophene rings is 1. The Kier molecular flexibility index (Phi) is 5.44. The van der Waals surface area contributed by atoms with E-state index in [0.717, 1.165) is 17.7 Å². The third-order valence-electron chi connectivity index (χ3n) is 5.17. The fourth-order valence-electron chi connectivity index (χ4n) is 4.02. The lowest BCUT2D eigenvalue weighted by Gasteiger charge is -2.26. The van der Waals surface area contributed by atoms with Crippen LogP contribution in [-0.4, -0.2) is 16.5 Å². The molecule has 1 amide bonds. The zero-order valence-corrected chi connectivity index (χ0v) is 15.8. The number of aryl methyl sites for hydroxylation is 1. The summed E-state index contributed by atoms with van der Waals surface area (Å²) in [7, 11) is 0. The Morgan fingerprint density at radius 1 is 1.33 bits per heavy atom. The first-order valence-electron chi connectivity index (χ1n) is 9.06. The Morgan fingerprint density at radius 3 is 2.75 bits per heavy atom. The van der Waals surface area contributed by atoms with E-state index >= 15 is 0 Å². The van der Waals surface area contributed by atoms with Gasteiger partial charge in [-0.15, -0.1) is 0 Å². The summed E-state index contributed by atoms with van der Waals surface area (Å²) < 4.78 is 2.40. The van der Waals surface area contributed by atoms with Gasteiger partial charge in [-0.2, -0.15) is 11.3 Å². The van der Waals surface area contributed by atoms with Crippen molar-refractivity contribution < 1.29 is 4.79 Å². The van der Waals surface area contributed by atoms with Crippen molar-refractivity contribution >= 4 is 17.2 Å². The molecule has 0 spiro atoms. The zero-order valence-electron chi connectivity index (χ0n) is 15.0. The zero-order chi connectivity index (χ0) is 17.1. The van der Waals surface area contributed by atoms with Gasteiger partial charge in [0, 0.05) is 23.5 Å². The van der Waals surface area contributed by atoms with Crippen LogP contribution in [0.25, 0.3) is 0 Å². The molecule has 2 aromatic rings. The van der Waals surface area contributed by atoms with E-state index in [2.05, 4.69) is 53.5 Å². The number of rotatable bonds is 5. The van der Waals surface area contributed by atoms with E-state index < -0.39 is 0 Å². The molecule has 2 heterocycles. The van der Waals surface area contributed by atoms with Crippen LogP contribution in [0.15, 0.2) is 22.9 Å². The van der Waals surface area contributed by atoms with E-state index in [-0.39, 0.29) is 11.9 Å². The van der Waals surface area contributed by atoms with Crippen LogP contribution < -0.4 is 5.32 Å². The number of carbonyl (C=O) groups excluding carboxylic acids is 1. The van der Waals surface area contributed by atoms with Crippen LogP contribution in [0.3, 0.4) is 0 Å². The lowest BCUT2D eigenvalue weighted by Crippen LogP contribution is -2.34. The van der Waals surface area contributed by atoms with Crippen LogP contribution in [-0.2, 0) is 6.42 Å². The number of nitrogens with zero attached hydrogens (tertiary/aromatic N) is 1. The molecule has 1 atom stereocenters. The molecular formula is C20H28N2OS. The molecule has 0 radical (unpaired) electrons. The van der Waals surface area contributed by atoms with Crippen LogP contribution in [0.4, 0.5) is 0 Å². The first-order chi connectivity index (χ1) is 11.6. The SMILES string of the molecule is Cc1cc(C(=O)NC(C)Cc2ccsc2)c(C)n1C1CCCCC1. The number of carbonyl (C=O) groups is 1. The normalized spacial score (nSPS) is 17.0. The highest BCUT2D eigenvalue weighted by Gasteiger charge is 2.23. The third kappa shape index (κ3) is 3.75. The minimum Gasteiger partial charge on any atom is -0.349 e. The maximum atomic E-state index is 12.7. The standard InChI is InChI=1S/C20H28N2OS/c1-14(11-17-9-10-24-13-17)21-20(23)19-12-15(2)22(16(19)3)18-7-5-4-6-8-18/h9-10,12-14,18H,4-8,11H2,1-3H3,(H,21,23). The molecule has 1 N–H and O–H groups in total. The summed E-state index contributed by atoms with van der Waals surface area (Å²) in [6, 6.07) is 4.91. The second-order valence-corrected chi connectivity index (χ2v) is 7.94. The van der Waals surface area contributed by atoms with Crippen LogP contribution >= 0.6 is 11.3 Å². The van der Waals surface area contributed by atoms with Crippen molar-refractivity contribution in [1.82, 2.24) is 9.88 Å². The maximum Gasteiger partial charge on any atom is 0.253 e. The maximum absolute atomic E-state index is 12.7. The van der Waals surface area contributed by atoms with E-state index in [0.29, 0.717) is 6.04 Å². The van der Waals surface area contributed by atoms with E-state index in [1.54, 1.807) is 11.3 Å². The van der Waals surface area contributed by atoms with Crippen molar-refractivity contribution in [3.63, 3.8) is 0 Å². The van der Waals surface area contributed by atoms with Gasteiger partial charge in [0.2, 0.25) is 0 Å². The molecule has 4 heteroatoms. The molecule has 1 fully saturated rings. The molecule has 2 aromatic heterocycles. The highest BCUT2D eigenvalue weighted by molar-refractivity contribution is 7.07. The smallest absolute Gasteiger partial charge is 0.253 e. The summed E-state index contributed by atoms with van der Waals surface area (Å²) in [5, 5.41) is 7.41. The fourth-order valence-corrected chi connectivity index (χ4v) is 4.70. The number of nitrogens with one attached hydrogen (secondary N) is 1. The summed E-state index contributed by atoms with van der Waals surface area (Å²) >= 11 is 1.70. The van der Waals surface area contributed by atoms with E-state index in [1.807, 2.05) is 0 Å². The van der Waals surface area contributed by atoms with E-state index in [1.165, 1.54) is 43.4 Å². The highest BCUT2D eigenvalue weighted by atomic mass is 32.1. The van der Waals surface area contributed by atoms with Crippen LogP contribution in [0.1, 0.15) is 72.4 Å². The molecule has 0 saturated heterocycles. The molecule has 3 nitrogen and oxygen atoms in total. The van der Waals surface area contributed by atoms with Gasteiger partial charge in [-0.05, 0) is 68.5 Å². The van der Waals surface area contributed by atoms with Crippen molar-refractivity contribution in [3.8, 4) is 0 Å². The lowest BCUT2D eigenvalue weighted by molar-refractivity contribution is 0.0939. The third-order valence-corrected chi connectivity index (χ3v) is 5.90. The molecule has 1 unspecified atom stereocenters. The van der Waals surface area contributed by atoms with Gasteiger partial charge in [-0.3, -0.25) is 4.79 Å². The van der Waals surface area contributed by atoms with Crippen molar-refractivity contribution in [2.75, 3.05) is 0 Å². The number of hydrogen-bond acceptors (Lipinski definition) is 2. The van der Waals surface area contributed by atoms with Gasteiger partial charge in [0.1, 0.15) is 0 Å². The van der Waals surface area contributed by atoms with Crippen LogP contribution in [0, 0.1) is 13.8 Å². The predicted molar refractivity (Wildman–Crippen MR) is 101 cm³/mol. The van der Waals surface area contributed by atoms with Gasteiger partial charge in [0.25, 0.3) is 5.91 Å². The summed E-state index contributed by atoms with van der Waals surface area (Å²) in [5.74, 6) is 0.0629. The molecular weight excluding hydrogens is 316 g/mol. The van der Waals surface area contributed by atoms with Crippen molar-refractivity contribution in [3.05, 3.63) is 45.4 Å². The van der Waals surface area contributed by atoms with E-state index in [9.17, 15) is 4.79 Å². The second kappa shape index (κ2) is 7.56. The Morgan fingerprint density at radius 2 is 2.08 bits per heavy atom. The molecule has 130 valence electrons. The summed E-state index contributed by atoms with van der Waals surface area (Å²) in [4.78, 5) is 12.7. The van der Waals surface area contributed by atoms with Gasteiger partial charge >= 0.3 is 0 Å². The number of aromatic nitrogens is 1. The van der Waals surface area contributed by atoms with E-state index in [4.69, 9.17) is 0 Å². The fraction of sp³-hybridized carbons (Fsp3) is 0.550. The molecule has 0 aliphatic heterocycles. The minimum absolute atomic E-state index is 0.0629. The quantitative estimate of drug-likeness (QED) is 0.811. The Hall–Kier alpha value is -1.55. The van der Waals surface area contributed by atoms with Crippen molar-refractivity contribution in [2.45, 2.75) is 71.4 Å². The molecule has 0 aromatic carbocycles. The first-order valence-corrected chi connectivity index (χ1v) is 10.0.